The fourth-order valence-corrected chi connectivity index (χ4v) is 6.61. The lowest BCUT2D eigenvalue weighted by Crippen LogP contribution is -2.36. The van der Waals surface area contributed by atoms with Crippen LogP contribution in [0.5, 0.6) is 11.5 Å². The number of aromatic nitrogens is 5. The second kappa shape index (κ2) is 13.8. The molecule has 0 spiro atoms. The van der Waals surface area contributed by atoms with Crippen LogP contribution in [0, 0.1) is 5.82 Å². The first-order valence-electron chi connectivity index (χ1n) is 16.2. The number of methoxy groups -OCH3 is 2. The van der Waals surface area contributed by atoms with Crippen LogP contribution in [-0.4, -0.2) is 87.0 Å². The van der Waals surface area contributed by atoms with E-state index in [1.54, 1.807) is 53.4 Å². The highest BCUT2D eigenvalue weighted by atomic mass is 19.1. The first kappa shape index (κ1) is 31.8. The van der Waals surface area contributed by atoms with Gasteiger partial charge in [-0.25, -0.2) is 4.39 Å². The molecule has 252 valence electrons. The van der Waals surface area contributed by atoms with Gasteiger partial charge in [0.25, 0.3) is 5.91 Å². The van der Waals surface area contributed by atoms with Gasteiger partial charge in [0.05, 0.1) is 32.5 Å². The van der Waals surface area contributed by atoms with E-state index in [9.17, 15) is 9.59 Å². The SMILES string of the molecule is COc1ccccc1-c1cc(C2=CCCN(C(=O)CCn3ccnn3)C2)c(F)c2[nH]c(C(=O)N3CC=C(c4ncccc4OC)CC3)cc12.[HH]. The van der Waals surface area contributed by atoms with Gasteiger partial charge in [-0.1, -0.05) is 35.6 Å². The van der Waals surface area contributed by atoms with Gasteiger partial charge in [-0.15, -0.1) is 5.10 Å². The van der Waals surface area contributed by atoms with Gasteiger partial charge in [-0.05, 0) is 59.9 Å². The number of aromatic amines is 1. The molecule has 2 amide bonds. The molecule has 0 atom stereocenters. The van der Waals surface area contributed by atoms with Crippen LogP contribution in [0.4, 0.5) is 4.39 Å². The molecule has 1 N–H and O–H groups in total. The van der Waals surface area contributed by atoms with Crippen molar-refractivity contribution in [3.63, 3.8) is 0 Å². The summed E-state index contributed by atoms with van der Waals surface area (Å²) in [5.74, 6) is 0.565. The zero-order chi connectivity index (χ0) is 33.9. The summed E-state index contributed by atoms with van der Waals surface area (Å²) in [4.78, 5) is 38.2. The van der Waals surface area contributed by atoms with E-state index < -0.39 is 5.82 Å². The molecular weight excluding hydrogens is 625 g/mol. The number of carbonyl (C=O) groups excluding carboxylic acids is 2. The fraction of sp³-hybridized carbons (Fsp3) is 0.270. The third-order valence-corrected chi connectivity index (χ3v) is 9.15. The van der Waals surface area contributed by atoms with Crippen LogP contribution in [-0.2, 0) is 11.3 Å². The van der Waals surface area contributed by atoms with Crippen molar-refractivity contribution < 1.29 is 24.9 Å². The predicted octanol–water partition coefficient (Wildman–Crippen LogP) is 5.86. The molecule has 11 nitrogen and oxygen atoms in total. The number of benzene rings is 2. The van der Waals surface area contributed by atoms with Gasteiger partial charge in [0.1, 0.15) is 22.9 Å². The minimum atomic E-state index is -0.473. The molecule has 2 aliphatic rings. The van der Waals surface area contributed by atoms with Gasteiger partial charge in [0.2, 0.25) is 5.91 Å². The van der Waals surface area contributed by atoms with Crippen molar-refractivity contribution in [2.24, 2.45) is 0 Å². The molecule has 2 aliphatic heterocycles. The number of para-hydroxylation sites is 1. The minimum Gasteiger partial charge on any atom is -0.496 e. The van der Waals surface area contributed by atoms with Crippen molar-refractivity contribution in [3.05, 3.63) is 102 Å². The largest absolute Gasteiger partial charge is 0.496 e. The van der Waals surface area contributed by atoms with E-state index in [1.807, 2.05) is 54.6 Å². The monoisotopic (exact) mass is 663 g/mol. The number of nitrogens with one attached hydrogen (secondary N) is 1. The van der Waals surface area contributed by atoms with Crippen LogP contribution in [0.3, 0.4) is 0 Å². The van der Waals surface area contributed by atoms with E-state index in [-0.39, 0.29) is 37.4 Å². The average Bonchev–Trinajstić information content (AvgIpc) is 3.85. The van der Waals surface area contributed by atoms with Crippen molar-refractivity contribution >= 4 is 33.9 Å². The van der Waals surface area contributed by atoms with Crippen LogP contribution < -0.4 is 9.47 Å². The van der Waals surface area contributed by atoms with Crippen molar-refractivity contribution in [1.29, 1.82) is 0 Å². The Morgan fingerprint density at radius 3 is 2.55 bits per heavy atom. The molecule has 0 unspecified atom stereocenters. The van der Waals surface area contributed by atoms with Crippen molar-refractivity contribution in [1.82, 2.24) is 34.8 Å². The third kappa shape index (κ3) is 6.29. The van der Waals surface area contributed by atoms with Crippen molar-refractivity contribution in [3.8, 4) is 22.6 Å². The van der Waals surface area contributed by atoms with Gasteiger partial charge in [-0.3, -0.25) is 19.3 Å². The highest BCUT2D eigenvalue weighted by Gasteiger charge is 2.27. The lowest BCUT2D eigenvalue weighted by atomic mass is 9.93. The Morgan fingerprint density at radius 2 is 1.78 bits per heavy atom. The number of H-pyrrole nitrogens is 1. The lowest BCUT2D eigenvalue weighted by Gasteiger charge is -2.28. The smallest absolute Gasteiger partial charge is 0.270 e. The van der Waals surface area contributed by atoms with Crippen molar-refractivity contribution in [2.75, 3.05) is 40.4 Å². The van der Waals surface area contributed by atoms with Crippen LogP contribution >= 0.6 is 0 Å². The van der Waals surface area contributed by atoms with Gasteiger partial charge in [-0.2, -0.15) is 0 Å². The number of amides is 2. The number of halogens is 1. The summed E-state index contributed by atoms with van der Waals surface area (Å²) in [5.41, 5.74) is 4.86. The Labute approximate surface area is 284 Å². The standard InChI is InChI=1S/C37H36FN7O4.H2/c1-48-31-9-4-3-8-26(31)28-21-27(25-7-6-16-44(23-25)33(46)13-19-45-20-15-40-42-45)34(38)36-29(28)22-30(41-36)37(47)43-17-11-24(12-18-43)35-32(49-2)10-5-14-39-35;/h3-5,7-11,14-15,20-22,41H,6,12-13,16-19,23H2,1-2H3;1H. The number of rotatable bonds is 9. The first-order valence-corrected chi connectivity index (χ1v) is 16.2. The third-order valence-electron chi connectivity index (χ3n) is 9.15. The summed E-state index contributed by atoms with van der Waals surface area (Å²) >= 11 is 0. The summed E-state index contributed by atoms with van der Waals surface area (Å²) < 4.78 is 29.5. The first-order chi connectivity index (χ1) is 23.9. The highest BCUT2D eigenvalue weighted by molar-refractivity contribution is 6.05. The summed E-state index contributed by atoms with van der Waals surface area (Å²) in [6.07, 6.45) is 10.4. The van der Waals surface area contributed by atoms with E-state index in [1.165, 1.54) is 0 Å². The van der Waals surface area contributed by atoms with Gasteiger partial charge in [0.15, 0.2) is 5.82 Å². The maximum atomic E-state index is 16.6. The Morgan fingerprint density at radius 1 is 0.939 bits per heavy atom. The second-order valence-electron chi connectivity index (χ2n) is 12.0. The van der Waals surface area contributed by atoms with E-state index in [4.69, 9.17) is 9.47 Å². The van der Waals surface area contributed by atoms with Crippen LogP contribution in [0.25, 0.3) is 33.2 Å². The Balaban J connectivity index is 0.00000432. The highest BCUT2D eigenvalue weighted by Crippen LogP contribution is 2.40. The van der Waals surface area contributed by atoms with Gasteiger partial charge in [0, 0.05) is 62.9 Å². The van der Waals surface area contributed by atoms with Gasteiger partial charge < -0.3 is 24.3 Å². The molecule has 0 aliphatic carbocycles. The number of aryl methyl sites for hydroxylation is 1. The molecule has 49 heavy (non-hydrogen) atoms. The summed E-state index contributed by atoms with van der Waals surface area (Å²) in [6, 6.07) is 14.8. The van der Waals surface area contributed by atoms with Crippen LogP contribution in [0.15, 0.2) is 79.3 Å². The topological polar surface area (TPSA) is 118 Å². The number of hydrogen-bond acceptors (Lipinski definition) is 7. The zero-order valence-electron chi connectivity index (χ0n) is 27.4. The summed E-state index contributed by atoms with van der Waals surface area (Å²) in [6.45, 7) is 2.07. The van der Waals surface area contributed by atoms with Gasteiger partial charge >= 0.3 is 0 Å². The number of hydrogen-bond donors (Lipinski definition) is 1. The average molecular weight is 664 g/mol. The fourth-order valence-electron chi connectivity index (χ4n) is 6.61. The molecule has 0 saturated carbocycles. The second-order valence-corrected chi connectivity index (χ2v) is 12.0. The Kier molecular flexibility index (Phi) is 8.93. The molecule has 0 radical (unpaired) electrons. The molecule has 7 rings (SSSR count). The molecule has 0 saturated heterocycles. The number of ether oxygens (including phenoxy) is 2. The summed E-state index contributed by atoms with van der Waals surface area (Å²) in [7, 11) is 3.21. The molecule has 12 heteroatoms. The van der Waals surface area contributed by atoms with E-state index in [2.05, 4.69) is 20.3 Å². The number of nitrogens with zero attached hydrogens (tertiary/aromatic N) is 6. The molecule has 2 aromatic carbocycles. The molecular formula is C37H38FN7O4. The molecule has 5 heterocycles. The Bertz CT molecular complexity index is 2090. The molecule has 0 fully saturated rings. The molecule has 3 aromatic heterocycles. The number of carbonyl (C=O) groups is 2. The number of pyridine rings is 1. The van der Waals surface area contributed by atoms with E-state index in [0.717, 1.165) is 22.4 Å². The van der Waals surface area contributed by atoms with Crippen LogP contribution in [0.2, 0.25) is 0 Å². The predicted molar refractivity (Wildman–Crippen MR) is 185 cm³/mol. The van der Waals surface area contributed by atoms with E-state index in [0.29, 0.717) is 67.0 Å². The quantitative estimate of drug-likeness (QED) is 0.210. The normalized spacial score (nSPS) is 14.8. The van der Waals surface area contributed by atoms with Crippen LogP contribution in [0.1, 0.15) is 42.4 Å². The minimum absolute atomic E-state index is 0. The maximum absolute atomic E-state index is 16.6. The maximum Gasteiger partial charge on any atom is 0.270 e. The molecule has 5 aromatic rings. The zero-order valence-corrected chi connectivity index (χ0v) is 27.4. The Hall–Kier alpha value is -5.78. The summed E-state index contributed by atoms with van der Waals surface area (Å²) in [5, 5.41) is 8.30. The lowest BCUT2D eigenvalue weighted by molar-refractivity contribution is -0.131. The van der Waals surface area contributed by atoms with E-state index >= 15 is 4.39 Å². The number of fused-ring (bicyclic) bond motifs is 1. The molecule has 0 bridgehead atoms. The van der Waals surface area contributed by atoms with Crippen molar-refractivity contribution in [2.45, 2.75) is 25.8 Å².